The van der Waals surface area contributed by atoms with Gasteiger partial charge in [0.25, 0.3) is 0 Å². The number of aromatic amines is 1. The van der Waals surface area contributed by atoms with E-state index in [1.54, 1.807) is 19.2 Å². The number of rotatable bonds is 4. The highest BCUT2D eigenvalue weighted by Gasteiger charge is 2.05. The minimum atomic E-state index is -0.194. The second-order valence-corrected chi connectivity index (χ2v) is 4.10. The maximum absolute atomic E-state index is 13.4. The van der Waals surface area contributed by atoms with Crippen molar-refractivity contribution < 1.29 is 4.39 Å². The molecule has 0 saturated carbocycles. The number of nitrogens with two attached hydrogens (primary N) is 1. The van der Waals surface area contributed by atoms with E-state index in [0.717, 1.165) is 29.9 Å². The van der Waals surface area contributed by atoms with Gasteiger partial charge in [-0.15, -0.1) is 0 Å². The van der Waals surface area contributed by atoms with Gasteiger partial charge in [0.15, 0.2) is 0 Å². The summed E-state index contributed by atoms with van der Waals surface area (Å²) < 4.78 is 13.4. The van der Waals surface area contributed by atoms with E-state index in [4.69, 9.17) is 5.73 Å². The van der Waals surface area contributed by atoms with Crippen LogP contribution in [0.4, 0.5) is 4.39 Å². The van der Waals surface area contributed by atoms with Gasteiger partial charge < -0.3 is 10.7 Å². The maximum Gasteiger partial charge on any atom is 0.126 e. The highest BCUT2D eigenvalue weighted by Crippen LogP contribution is 2.20. The van der Waals surface area contributed by atoms with Gasteiger partial charge in [-0.05, 0) is 31.5 Å². The van der Waals surface area contributed by atoms with E-state index in [1.807, 2.05) is 6.07 Å². The van der Waals surface area contributed by atoms with Crippen LogP contribution < -0.4 is 5.73 Å². The van der Waals surface area contributed by atoms with Crippen LogP contribution in [0.25, 0.3) is 11.3 Å². The quantitative estimate of drug-likeness (QED) is 0.852. The molecule has 0 bridgehead atoms. The summed E-state index contributed by atoms with van der Waals surface area (Å²) in [5.41, 5.74) is 7.75. The van der Waals surface area contributed by atoms with E-state index in [1.165, 1.54) is 6.07 Å². The monoisotopic (exact) mass is 233 g/mol. The summed E-state index contributed by atoms with van der Waals surface area (Å²) in [7, 11) is 0. The zero-order valence-electron chi connectivity index (χ0n) is 9.83. The Labute approximate surface area is 99.9 Å². The second-order valence-electron chi connectivity index (χ2n) is 4.10. The average Bonchev–Trinajstić information content (AvgIpc) is 2.79. The number of halogens is 1. The highest BCUT2D eigenvalue weighted by atomic mass is 19.1. The fourth-order valence-electron chi connectivity index (χ4n) is 1.67. The van der Waals surface area contributed by atoms with E-state index in [2.05, 4.69) is 9.97 Å². The zero-order valence-corrected chi connectivity index (χ0v) is 9.83. The number of nitrogens with zero attached hydrogens (tertiary/aromatic N) is 1. The molecule has 0 aliphatic heterocycles. The van der Waals surface area contributed by atoms with Crippen LogP contribution in [0.3, 0.4) is 0 Å². The molecule has 0 saturated heterocycles. The Hall–Kier alpha value is -1.68. The van der Waals surface area contributed by atoms with Crippen molar-refractivity contribution in [2.75, 3.05) is 6.54 Å². The summed E-state index contributed by atoms with van der Waals surface area (Å²) in [6.07, 6.45) is 3.45. The van der Waals surface area contributed by atoms with Crippen LogP contribution in [-0.2, 0) is 6.42 Å². The molecule has 0 unspecified atom stereocenters. The van der Waals surface area contributed by atoms with Crippen LogP contribution in [0.1, 0.15) is 17.8 Å². The molecular formula is C13H16FN3. The molecule has 0 spiro atoms. The molecule has 2 aromatic rings. The SMILES string of the molecule is Cc1ccc(-c2cnc(CCCN)[nH]2)cc1F. The molecule has 90 valence electrons. The van der Waals surface area contributed by atoms with E-state index in [-0.39, 0.29) is 5.82 Å². The summed E-state index contributed by atoms with van der Waals surface area (Å²) in [5, 5.41) is 0. The molecule has 0 aliphatic rings. The lowest BCUT2D eigenvalue weighted by Crippen LogP contribution is -2.01. The summed E-state index contributed by atoms with van der Waals surface area (Å²) in [4.78, 5) is 7.43. The first-order valence-electron chi connectivity index (χ1n) is 5.71. The lowest BCUT2D eigenvalue weighted by Gasteiger charge is -2.00. The number of nitrogens with one attached hydrogen (secondary N) is 1. The predicted octanol–water partition coefficient (Wildman–Crippen LogP) is 2.42. The van der Waals surface area contributed by atoms with E-state index < -0.39 is 0 Å². The maximum atomic E-state index is 13.4. The van der Waals surface area contributed by atoms with Crippen LogP contribution in [0.2, 0.25) is 0 Å². The second kappa shape index (κ2) is 5.10. The smallest absolute Gasteiger partial charge is 0.126 e. The van der Waals surface area contributed by atoms with Crippen molar-refractivity contribution in [2.45, 2.75) is 19.8 Å². The summed E-state index contributed by atoms with van der Waals surface area (Å²) >= 11 is 0. The summed E-state index contributed by atoms with van der Waals surface area (Å²) in [5.74, 6) is 0.701. The number of hydrogen-bond donors (Lipinski definition) is 2. The number of aryl methyl sites for hydroxylation is 2. The molecule has 2 rings (SSSR count). The van der Waals surface area contributed by atoms with Gasteiger partial charge in [0, 0.05) is 12.0 Å². The first kappa shape index (κ1) is 11.8. The molecule has 1 aromatic carbocycles. The molecule has 17 heavy (non-hydrogen) atoms. The molecule has 1 heterocycles. The fraction of sp³-hybridized carbons (Fsp3) is 0.308. The standard InChI is InChI=1S/C13H16FN3/c1-9-4-5-10(7-11(9)14)12-8-16-13(17-12)3-2-6-15/h4-5,7-8H,2-3,6,15H2,1H3,(H,16,17). The van der Waals surface area contributed by atoms with Gasteiger partial charge in [-0.2, -0.15) is 0 Å². The Morgan fingerprint density at radius 2 is 2.24 bits per heavy atom. The third-order valence-electron chi connectivity index (χ3n) is 2.73. The third-order valence-corrected chi connectivity index (χ3v) is 2.73. The van der Waals surface area contributed by atoms with E-state index in [0.29, 0.717) is 12.1 Å². The molecule has 1 aromatic heterocycles. The summed E-state index contributed by atoms with van der Waals surface area (Å²) in [6, 6.07) is 5.18. The molecule has 3 nitrogen and oxygen atoms in total. The Bertz CT molecular complexity index is 505. The normalized spacial score (nSPS) is 10.8. The van der Waals surface area contributed by atoms with Crippen molar-refractivity contribution in [2.24, 2.45) is 5.73 Å². The lowest BCUT2D eigenvalue weighted by molar-refractivity contribution is 0.619. The molecule has 4 heteroatoms. The van der Waals surface area contributed by atoms with Crippen LogP contribution >= 0.6 is 0 Å². The van der Waals surface area contributed by atoms with Crippen molar-refractivity contribution >= 4 is 0 Å². The fourth-order valence-corrected chi connectivity index (χ4v) is 1.67. The van der Waals surface area contributed by atoms with Crippen molar-refractivity contribution in [3.05, 3.63) is 41.6 Å². The Kier molecular flexibility index (Phi) is 3.54. The largest absolute Gasteiger partial charge is 0.342 e. The highest BCUT2D eigenvalue weighted by molar-refractivity contribution is 5.59. The third kappa shape index (κ3) is 2.71. The minimum Gasteiger partial charge on any atom is -0.342 e. The van der Waals surface area contributed by atoms with E-state index in [9.17, 15) is 4.39 Å². The van der Waals surface area contributed by atoms with Gasteiger partial charge in [-0.1, -0.05) is 12.1 Å². The average molecular weight is 233 g/mol. The van der Waals surface area contributed by atoms with Gasteiger partial charge in [-0.3, -0.25) is 0 Å². The first-order valence-corrected chi connectivity index (χ1v) is 5.71. The van der Waals surface area contributed by atoms with Gasteiger partial charge >= 0.3 is 0 Å². The van der Waals surface area contributed by atoms with Gasteiger partial charge in [0.1, 0.15) is 11.6 Å². The van der Waals surface area contributed by atoms with Gasteiger partial charge in [0.05, 0.1) is 11.9 Å². The number of hydrogen-bond acceptors (Lipinski definition) is 2. The molecular weight excluding hydrogens is 217 g/mol. The minimum absolute atomic E-state index is 0.194. The molecule has 0 aliphatic carbocycles. The Balaban J connectivity index is 2.21. The molecule has 0 amide bonds. The predicted molar refractivity (Wildman–Crippen MR) is 66.1 cm³/mol. The number of imidazole rings is 1. The molecule has 0 radical (unpaired) electrons. The summed E-state index contributed by atoms with van der Waals surface area (Å²) in [6.45, 7) is 2.40. The van der Waals surface area contributed by atoms with Crippen molar-refractivity contribution in [1.82, 2.24) is 9.97 Å². The van der Waals surface area contributed by atoms with Crippen LogP contribution in [0.5, 0.6) is 0 Å². The number of aromatic nitrogens is 2. The van der Waals surface area contributed by atoms with Gasteiger partial charge in [0.2, 0.25) is 0 Å². The number of benzene rings is 1. The van der Waals surface area contributed by atoms with Crippen LogP contribution in [-0.4, -0.2) is 16.5 Å². The zero-order chi connectivity index (χ0) is 12.3. The van der Waals surface area contributed by atoms with Crippen molar-refractivity contribution in [3.8, 4) is 11.3 Å². The lowest BCUT2D eigenvalue weighted by atomic mass is 10.1. The number of H-pyrrole nitrogens is 1. The van der Waals surface area contributed by atoms with Gasteiger partial charge in [-0.25, -0.2) is 9.37 Å². The molecule has 0 atom stereocenters. The van der Waals surface area contributed by atoms with Crippen molar-refractivity contribution in [3.63, 3.8) is 0 Å². The topological polar surface area (TPSA) is 54.7 Å². The van der Waals surface area contributed by atoms with Crippen LogP contribution in [0, 0.1) is 12.7 Å². The Morgan fingerprint density at radius 3 is 2.94 bits per heavy atom. The molecule has 0 fully saturated rings. The molecule has 3 N–H and O–H groups in total. The van der Waals surface area contributed by atoms with E-state index >= 15 is 0 Å². The van der Waals surface area contributed by atoms with Crippen LogP contribution in [0.15, 0.2) is 24.4 Å². The first-order chi connectivity index (χ1) is 8.20. The van der Waals surface area contributed by atoms with Crippen molar-refractivity contribution in [1.29, 1.82) is 0 Å². The Morgan fingerprint density at radius 1 is 1.41 bits per heavy atom.